The maximum Gasteiger partial charge on any atom is 0.311 e. The standard InChI is InChI=1S/C17H17N3O3S/c1-3-23-14(21)8-11-9-24-17(19-11)20-16(22)15-10(2)18-13-7-5-4-6-12(13)15/h4-7,9,18H,3,8H2,1-2H3,(H,19,20,22). The van der Waals surface area contributed by atoms with Gasteiger partial charge in [0, 0.05) is 22.0 Å². The van der Waals surface area contributed by atoms with Crippen LogP contribution < -0.4 is 5.32 Å². The Balaban J connectivity index is 1.76. The van der Waals surface area contributed by atoms with Crippen LogP contribution in [0.3, 0.4) is 0 Å². The monoisotopic (exact) mass is 343 g/mol. The molecule has 3 rings (SSSR count). The number of H-pyrrole nitrogens is 1. The molecule has 0 saturated heterocycles. The number of hydrogen-bond donors (Lipinski definition) is 2. The van der Waals surface area contributed by atoms with E-state index < -0.39 is 0 Å². The van der Waals surface area contributed by atoms with Gasteiger partial charge < -0.3 is 9.72 Å². The first-order valence-corrected chi connectivity index (χ1v) is 8.45. The summed E-state index contributed by atoms with van der Waals surface area (Å²) in [5.41, 5.74) is 2.91. The molecule has 0 fully saturated rings. The molecule has 24 heavy (non-hydrogen) atoms. The van der Waals surface area contributed by atoms with Gasteiger partial charge in [0.25, 0.3) is 5.91 Å². The summed E-state index contributed by atoms with van der Waals surface area (Å²) in [4.78, 5) is 31.5. The molecule has 0 atom stereocenters. The Kier molecular flexibility index (Phi) is 4.61. The van der Waals surface area contributed by atoms with E-state index in [1.807, 2.05) is 31.2 Å². The summed E-state index contributed by atoms with van der Waals surface area (Å²) in [6.45, 7) is 3.96. The molecule has 0 saturated carbocycles. The smallest absolute Gasteiger partial charge is 0.311 e. The fraction of sp³-hybridized carbons (Fsp3) is 0.235. The summed E-state index contributed by atoms with van der Waals surface area (Å²) in [5, 5.41) is 5.88. The van der Waals surface area contributed by atoms with Gasteiger partial charge in [0.15, 0.2) is 5.13 Å². The fourth-order valence-electron chi connectivity index (χ4n) is 2.53. The quantitative estimate of drug-likeness (QED) is 0.696. The number of aryl methyl sites for hydroxylation is 1. The van der Waals surface area contributed by atoms with Crippen LogP contribution in [-0.4, -0.2) is 28.5 Å². The van der Waals surface area contributed by atoms with Crippen molar-refractivity contribution in [2.24, 2.45) is 0 Å². The number of carbonyl (C=O) groups is 2. The first-order valence-electron chi connectivity index (χ1n) is 7.57. The predicted molar refractivity (Wildman–Crippen MR) is 93.4 cm³/mol. The normalized spacial score (nSPS) is 10.8. The lowest BCUT2D eigenvalue weighted by Crippen LogP contribution is -2.13. The number of anilines is 1. The second kappa shape index (κ2) is 6.84. The molecule has 2 N–H and O–H groups in total. The van der Waals surface area contributed by atoms with Gasteiger partial charge in [-0.25, -0.2) is 4.98 Å². The van der Waals surface area contributed by atoms with Crippen LogP contribution in [0.2, 0.25) is 0 Å². The lowest BCUT2D eigenvalue weighted by Gasteiger charge is -2.02. The van der Waals surface area contributed by atoms with E-state index in [2.05, 4.69) is 15.3 Å². The Bertz CT molecular complexity index is 898. The molecule has 0 unspecified atom stereocenters. The number of aromatic amines is 1. The third kappa shape index (κ3) is 3.30. The second-order valence-corrected chi connectivity index (χ2v) is 6.11. The van der Waals surface area contributed by atoms with E-state index in [0.29, 0.717) is 23.0 Å². The average molecular weight is 343 g/mol. The van der Waals surface area contributed by atoms with Crippen molar-refractivity contribution in [2.45, 2.75) is 20.3 Å². The molecule has 124 valence electrons. The first-order chi connectivity index (χ1) is 11.6. The van der Waals surface area contributed by atoms with E-state index in [-0.39, 0.29) is 18.3 Å². The molecule has 2 heterocycles. The maximum atomic E-state index is 12.6. The summed E-state index contributed by atoms with van der Waals surface area (Å²) in [6.07, 6.45) is 0.103. The van der Waals surface area contributed by atoms with Crippen LogP contribution in [0.5, 0.6) is 0 Å². The van der Waals surface area contributed by atoms with Crippen molar-refractivity contribution in [3.8, 4) is 0 Å². The molecule has 1 aromatic carbocycles. The Labute approximate surface area is 142 Å². The van der Waals surface area contributed by atoms with Gasteiger partial charge in [-0.2, -0.15) is 0 Å². The highest BCUT2D eigenvalue weighted by Gasteiger charge is 2.17. The lowest BCUT2D eigenvalue weighted by molar-refractivity contribution is -0.142. The molecule has 0 aliphatic carbocycles. The number of benzene rings is 1. The fourth-order valence-corrected chi connectivity index (χ4v) is 3.24. The predicted octanol–water partition coefficient (Wildman–Crippen LogP) is 3.29. The Morgan fingerprint density at radius 1 is 1.33 bits per heavy atom. The minimum absolute atomic E-state index is 0.103. The number of para-hydroxylation sites is 1. The number of hydrogen-bond acceptors (Lipinski definition) is 5. The van der Waals surface area contributed by atoms with Crippen LogP contribution in [0.15, 0.2) is 29.6 Å². The zero-order chi connectivity index (χ0) is 17.1. The molecular weight excluding hydrogens is 326 g/mol. The number of carbonyl (C=O) groups excluding carboxylic acids is 2. The Hall–Kier alpha value is -2.67. The second-order valence-electron chi connectivity index (χ2n) is 5.25. The summed E-state index contributed by atoms with van der Waals surface area (Å²) in [5.74, 6) is -0.546. The number of ether oxygens (including phenoxy) is 1. The van der Waals surface area contributed by atoms with E-state index in [1.165, 1.54) is 11.3 Å². The van der Waals surface area contributed by atoms with Gasteiger partial charge >= 0.3 is 5.97 Å². The highest BCUT2D eigenvalue weighted by Crippen LogP contribution is 2.24. The SMILES string of the molecule is CCOC(=O)Cc1csc(NC(=O)c2c(C)[nH]c3ccccc23)n1. The Morgan fingerprint density at radius 2 is 2.12 bits per heavy atom. The third-order valence-corrected chi connectivity index (χ3v) is 4.33. The molecule has 1 amide bonds. The molecule has 3 aromatic rings. The minimum Gasteiger partial charge on any atom is -0.466 e. The van der Waals surface area contributed by atoms with Crippen LogP contribution in [0.25, 0.3) is 10.9 Å². The molecule has 6 nitrogen and oxygen atoms in total. The average Bonchev–Trinajstić information content (AvgIpc) is 3.10. The highest BCUT2D eigenvalue weighted by atomic mass is 32.1. The minimum atomic E-state index is -0.326. The Morgan fingerprint density at radius 3 is 2.92 bits per heavy atom. The van der Waals surface area contributed by atoms with Crippen LogP contribution in [-0.2, 0) is 16.0 Å². The summed E-state index contributed by atoms with van der Waals surface area (Å²) in [7, 11) is 0. The van der Waals surface area contributed by atoms with E-state index >= 15 is 0 Å². The number of nitrogens with one attached hydrogen (secondary N) is 2. The van der Waals surface area contributed by atoms with Crippen LogP contribution >= 0.6 is 11.3 Å². The van der Waals surface area contributed by atoms with Crippen molar-refractivity contribution >= 4 is 39.2 Å². The highest BCUT2D eigenvalue weighted by molar-refractivity contribution is 7.14. The van der Waals surface area contributed by atoms with Crippen molar-refractivity contribution in [1.29, 1.82) is 0 Å². The number of rotatable bonds is 5. The summed E-state index contributed by atoms with van der Waals surface area (Å²) >= 11 is 1.29. The first kappa shape index (κ1) is 16.2. The molecule has 0 aliphatic rings. The van der Waals surface area contributed by atoms with Crippen LogP contribution in [0, 0.1) is 6.92 Å². The third-order valence-electron chi connectivity index (χ3n) is 3.52. The maximum absolute atomic E-state index is 12.6. The van der Waals surface area contributed by atoms with Gasteiger partial charge in [0.05, 0.1) is 24.3 Å². The topological polar surface area (TPSA) is 84.1 Å². The van der Waals surface area contributed by atoms with Crippen molar-refractivity contribution < 1.29 is 14.3 Å². The number of fused-ring (bicyclic) bond motifs is 1. The number of thiazole rings is 1. The van der Waals surface area contributed by atoms with Gasteiger partial charge in [0.2, 0.25) is 0 Å². The molecule has 0 radical (unpaired) electrons. The molecule has 0 bridgehead atoms. The largest absolute Gasteiger partial charge is 0.466 e. The van der Waals surface area contributed by atoms with Gasteiger partial charge in [-0.1, -0.05) is 18.2 Å². The molecular formula is C17H17N3O3S. The summed E-state index contributed by atoms with van der Waals surface area (Å²) < 4.78 is 4.89. The zero-order valence-electron chi connectivity index (χ0n) is 13.4. The number of nitrogens with zero attached hydrogens (tertiary/aromatic N) is 1. The lowest BCUT2D eigenvalue weighted by atomic mass is 10.1. The zero-order valence-corrected chi connectivity index (χ0v) is 14.2. The van der Waals surface area contributed by atoms with Gasteiger partial charge in [-0.3, -0.25) is 14.9 Å². The van der Waals surface area contributed by atoms with Crippen molar-refractivity contribution in [3.63, 3.8) is 0 Å². The van der Waals surface area contributed by atoms with Gasteiger partial charge in [-0.15, -0.1) is 11.3 Å². The van der Waals surface area contributed by atoms with E-state index in [4.69, 9.17) is 4.74 Å². The van der Waals surface area contributed by atoms with E-state index in [9.17, 15) is 9.59 Å². The van der Waals surface area contributed by atoms with E-state index in [1.54, 1.807) is 12.3 Å². The molecule has 0 spiro atoms. The number of amides is 1. The number of esters is 1. The van der Waals surface area contributed by atoms with Crippen LogP contribution in [0.4, 0.5) is 5.13 Å². The summed E-state index contributed by atoms with van der Waals surface area (Å²) in [6, 6.07) is 7.65. The van der Waals surface area contributed by atoms with Crippen molar-refractivity contribution in [2.75, 3.05) is 11.9 Å². The number of aromatic nitrogens is 2. The van der Waals surface area contributed by atoms with E-state index in [0.717, 1.165) is 16.6 Å². The van der Waals surface area contributed by atoms with Crippen molar-refractivity contribution in [3.05, 3.63) is 46.6 Å². The van der Waals surface area contributed by atoms with Crippen molar-refractivity contribution in [1.82, 2.24) is 9.97 Å². The van der Waals surface area contributed by atoms with Gasteiger partial charge in [-0.05, 0) is 19.9 Å². The molecule has 2 aromatic heterocycles. The van der Waals surface area contributed by atoms with Crippen LogP contribution in [0.1, 0.15) is 28.7 Å². The molecule has 7 heteroatoms. The molecule has 0 aliphatic heterocycles. The van der Waals surface area contributed by atoms with Gasteiger partial charge in [0.1, 0.15) is 0 Å².